The summed E-state index contributed by atoms with van der Waals surface area (Å²) in [6, 6.07) is 3.90. The summed E-state index contributed by atoms with van der Waals surface area (Å²) in [4.78, 5) is 42.2. The van der Waals surface area contributed by atoms with Crippen LogP contribution in [-0.2, 0) is 20.9 Å². The highest BCUT2D eigenvalue weighted by Crippen LogP contribution is 2.15. The van der Waals surface area contributed by atoms with Crippen molar-refractivity contribution in [2.75, 3.05) is 26.2 Å². The number of rotatable bonds is 24. The van der Waals surface area contributed by atoms with Gasteiger partial charge in [-0.05, 0) is 44.2 Å². The van der Waals surface area contributed by atoms with E-state index in [1.807, 2.05) is 17.5 Å². The highest BCUT2D eigenvalue weighted by atomic mass is 32.1. The molecule has 0 atom stereocenters. The Morgan fingerprint density at radius 1 is 0.757 bits per heavy atom. The third-order valence-corrected chi connectivity index (χ3v) is 7.61. The maximum absolute atomic E-state index is 13.1. The van der Waals surface area contributed by atoms with Crippen LogP contribution in [-0.4, -0.2) is 53.6 Å². The molecule has 0 aromatic carbocycles. The minimum Gasteiger partial charge on any atom is -0.333 e. The van der Waals surface area contributed by atoms with E-state index in [9.17, 15) is 14.4 Å². The molecule has 0 fully saturated rings. The quantitative estimate of drug-likeness (QED) is 0.149. The lowest BCUT2D eigenvalue weighted by Gasteiger charge is -2.27. The van der Waals surface area contributed by atoms with Crippen LogP contribution in [0, 0.1) is 0 Å². The van der Waals surface area contributed by atoms with Gasteiger partial charge in [0.05, 0.1) is 19.6 Å². The molecule has 2 N–H and O–H groups in total. The summed E-state index contributed by atoms with van der Waals surface area (Å²) in [5.41, 5.74) is 5.65. The van der Waals surface area contributed by atoms with Crippen LogP contribution in [0.25, 0.3) is 0 Å². The van der Waals surface area contributed by atoms with Crippen LogP contribution in [0.3, 0.4) is 0 Å². The number of hydrogen-bond donors (Lipinski definition) is 1. The van der Waals surface area contributed by atoms with E-state index < -0.39 is 0 Å². The van der Waals surface area contributed by atoms with E-state index >= 15 is 0 Å². The molecular weight excluding hydrogens is 482 g/mol. The van der Waals surface area contributed by atoms with Crippen LogP contribution < -0.4 is 5.73 Å². The third-order valence-electron chi connectivity index (χ3n) is 6.75. The summed E-state index contributed by atoms with van der Waals surface area (Å²) < 4.78 is 0. The number of carbonyl (C=O) groups excluding carboxylic acids is 3. The van der Waals surface area contributed by atoms with E-state index in [0.29, 0.717) is 26.1 Å². The fourth-order valence-electron chi connectivity index (χ4n) is 4.55. The third kappa shape index (κ3) is 17.4. The van der Waals surface area contributed by atoms with E-state index in [-0.39, 0.29) is 30.7 Å². The summed E-state index contributed by atoms with van der Waals surface area (Å²) in [6.45, 7) is 5.36. The number of unbranched alkanes of at least 4 members (excludes halogenated alkanes) is 13. The molecule has 2 amide bonds. The maximum Gasteiger partial charge on any atom is 0.242 e. The first-order valence-electron chi connectivity index (χ1n) is 14.7. The number of nitrogens with zero attached hydrogens (tertiary/aromatic N) is 2. The number of amides is 2. The van der Waals surface area contributed by atoms with Gasteiger partial charge >= 0.3 is 0 Å². The second-order valence-corrected chi connectivity index (χ2v) is 11.4. The van der Waals surface area contributed by atoms with Crippen molar-refractivity contribution in [3.8, 4) is 0 Å². The summed E-state index contributed by atoms with van der Waals surface area (Å²) >= 11 is 1.56. The molecule has 1 rings (SSSR count). The SMILES string of the molecule is CCCCCCCCCCCCCCCC(=O)N(CCCCN)CC(=O)N(CC(C)=O)Cc1cccs1. The van der Waals surface area contributed by atoms with Gasteiger partial charge in [-0.1, -0.05) is 90.0 Å². The van der Waals surface area contributed by atoms with Gasteiger partial charge in [-0.3, -0.25) is 14.4 Å². The molecule has 1 heterocycles. The lowest BCUT2D eigenvalue weighted by Crippen LogP contribution is -2.44. The predicted molar refractivity (Wildman–Crippen MR) is 156 cm³/mol. The monoisotopic (exact) mass is 535 g/mol. The minimum absolute atomic E-state index is 0.0283. The average Bonchev–Trinajstić information content (AvgIpc) is 3.38. The van der Waals surface area contributed by atoms with Gasteiger partial charge in [-0.15, -0.1) is 11.3 Å². The molecule has 1 aromatic heterocycles. The Balaban J connectivity index is 2.36. The highest BCUT2D eigenvalue weighted by Gasteiger charge is 2.22. The Morgan fingerprint density at radius 2 is 1.35 bits per heavy atom. The standard InChI is InChI=1S/C30H53N3O3S/c1-3-4-5-6-7-8-9-10-11-12-13-14-15-20-29(35)32(22-17-16-21-31)26-30(36)33(24-27(2)34)25-28-19-18-23-37-28/h18-19,23H,3-17,20-22,24-26,31H2,1-2H3. The van der Waals surface area contributed by atoms with Crippen molar-refractivity contribution in [1.82, 2.24) is 9.80 Å². The second-order valence-electron chi connectivity index (χ2n) is 10.3. The van der Waals surface area contributed by atoms with Gasteiger partial charge in [0.25, 0.3) is 0 Å². The number of Topliss-reactive ketones (excluding diaryl/α,β-unsaturated/α-hetero) is 1. The molecular formula is C30H53N3O3S. The molecule has 0 bridgehead atoms. The van der Waals surface area contributed by atoms with E-state index in [2.05, 4.69) is 6.92 Å². The Hall–Kier alpha value is -1.73. The zero-order valence-electron chi connectivity index (χ0n) is 23.7. The van der Waals surface area contributed by atoms with Crippen molar-refractivity contribution in [2.24, 2.45) is 5.73 Å². The van der Waals surface area contributed by atoms with Crippen molar-refractivity contribution in [2.45, 2.75) is 123 Å². The van der Waals surface area contributed by atoms with E-state index in [1.165, 1.54) is 77.6 Å². The molecule has 37 heavy (non-hydrogen) atoms. The van der Waals surface area contributed by atoms with Crippen molar-refractivity contribution in [3.63, 3.8) is 0 Å². The van der Waals surface area contributed by atoms with Crippen molar-refractivity contribution < 1.29 is 14.4 Å². The number of hydrogen-bond acceptors (Lipinski definition) is 5. The zero-order valence-corrected chi connectivity index (χ0v) is 24.5. The Bertz CT molecular complexity index is 724. The molecule has 7 heteroatoms. The summed E-state index contributed by atoms with van der Waals surface area (Å²) in [5, 5.41) is 1.96. The van der Waals surface area contributed by atoms with Gasteiger partial charge in [-0.2, -0.15) is 0 Å². The summed E-state index contributed by atoms with van der Waals surface area (Å²) in [7, 11) is 0. The minimum atomic E-state index is -0.171. The zero-order chi connectivity index (χ0) is 27.1. The van der Waals surface area contributed by atoms with Crippen molar-refractivity contribution >= 4 is 28.9 Å². The van der Waals surface area contributed by atoms with Gasteiger partial charge in [0.2, 0.25) is 11.8 Å². The first-order valence-corrected chi connectivity index (χ1v) is 15.6. The first kappa shape index (κ1) is 33.3. The Morgan fingerprint density at radius 3 is 1.86 bits per heavy atom. The van der Waals surface area contributed by atoms with Crippen LogP contribution in [0.15, 0.2) is 17.5 Å². The van der Waals surface area contributed by atoms with Gasteiger partial charge in [0.1, 0.15) is 5.78 Å². The predicted octanol–water partition coefficient (Wildman–Crippen LogP) is 6.71. The van der Waals surface area contributed by atoms with Crippen molar-refractivity contribution in [1.29, 1.82) is 0 Å². The normalized spacial score (nSPS) is 11.0. The molecule has 6 nitrogen and oxygen atoms in total. The van der Waals surface area contributed by atoms with E-state index in [1.54, 1.807) is 21.1 Å². The fourth-order valence-corrected chi connectivity index (χ4v) is 5.27. The molecule has 0 saturated heterocycles. The van der Waals surface area contributed by atoms with Gasteiger partial charge in [0, 0.05) is 17.8 Å². The Kier molecular flexibility index (Phi) is 20.0. The lowest BCUT2D eigenvalue weighted by atomic mass is 10.0. The van der Waals surface area contributed by atoms with Gasteiger partial charge < -0.3 is 15.5 Å². The molecule has 0 saturated carbocycles. The average molecular weight is 536 g/mol. The van der Waals surface area contributed by atoms with Crippen LogP contribution >= 0.6 is 11.3 Å². The highest BCUT2D eigenvalue weighted by molar-refractivity contribution is 7.09. The number of thiophene rings is 1. The number of nitrogens with two attached hydrogens (primary N) is 1. The lowest BCUT2D eigenvalue weighted by molar-refractivity contribution is -0.142. The van der Waals surface area contributed by atoms with Gasteiger partial charge in [0.15, 0.2) is 0 Å². The molecule has 0 spiro atoms. The van der Waals surface area contributed by atoms with Crippen LogP contribution in [0.2, 0.25) is 0 Å². The summed E-state index contributed by atoms with van der Waals surface area (Å²) in [6.07, 6.45) is 18.6. The van der Waals surface area contributed by atoms with E-state index in [0.717, 1.165) is 30.6 Å². The molecule has 212 valence electrons. The Labute approximate surface area is 230 Å². The molecule has 0 unspecified atom stereocenters. The summed E-state index contributed by atoms with van der Waals surface area (Å²) in [5.74, 6) is -0.194. The molecule has 0 aliphatic heterocycles. The number of ketones is 1. The fraction of sp³-hybridized carbons (Fsp3) is 0.767. The number of carbonyl (C=O) groups is 3. The maximum atomic E-state index is 13.1. The topological polar surface area (TPSA) is 83.7 Å². The van der Waals surface area contributed by atoms with Crippen LogP contribution in [0.1, 0.15) is 121 Å². The van der Waals surface area contributed by atoms with E-state index in [4.69, 9.17) is 5.73 Å². The second kappa shape index (κ2) is 22.3. The first-order chi connectivity index (χ1) is 18.0. The van der Waals surface area contributed by atoms with Crippen LogP contribution in [0.5, 0.6) is 0 Å². The molecule has 0 radical (unpaired) electrons. The van der Waals surface area contributed by atoms with Crippen molar-refractivity contribution in [3.05, 3.63) is 22.4 Å². The van der Waals surface area contributed by atoms with Crippen LogP contribution in [0.4, 0.5) is 0 Å². The molecule has 0 aliphatic rings. The molecule has 0 aliphatic carbocycles. The molecule has 1 aromatic rings. The smallest absolute Gasteiger partial charge is 0.242 e. The van der Waals surface area contributed by atoms with Gasteiger partial charge in [-0.25, -0.2) is 0 Å². The largest absolute Gasteiger partial charge is 0.333 e.